The number of halogens is 1. The number of nitrogens with two attached hydrogens (primary N) is 1. The van der Waals surface area contributed by atoms with Crippen molar-refractivity contribution in [2.24, 2.45) is 5.92 Å². The number of benzene rings is 1. The minimum Gasteiger partial charge on any atom is -0.397 e. The molecule has 2 atom stereocenters. The molecule has 0 spiro atoms. The number of hydrogen-bond acceptors (Lipinski definition) is 2. The van der Waals surface area contributed by atoms with E-state index in [1.807, 2.05) is 0 Å². The van der Waals surface area contributed by atoms with Crippen molar-refractivity contribution in [3.05, 3.63) is 24.0 Å². The van der Waals surface area contributed by atoms with Crippen molar-refractivity contribution in [1.82, 2.24) is 0 Å². The van der Waals surface area contributed by atoms with Gasteiger partial charge in [0.1, 0.15) is 5.82 Å². The zero-order valence-electron chi connectivity index (χ0n) is 10.4. The molecule has 94 valence electrons. The summed E-state index contributed by atoms with van der Waals surface area (Å²) in [5.74, 6) is 0.442. The number of anilines is 2. The molecule has 1 fully saturated rings. The highest BCUT2D eigenvalue weighted by Crippen LogP contribution is 2.31. The maximum absolute atomic E-state index is 13.0. The summed E-state index contributed by atoms with van der Waals surface area (Å²) in [6, 6.07) is 5.07. The molecule has 1 saturated carbocycles. The van der Waals surface area contributed by atoms with Crippen molar-refractivity contribution in [3.8, 4) is 0 Å². The van der Waals surface area contributed by atoms with Gasteiger partial charge >= 0.3 is 0 Å². The summed E-state index contributed by atoms with van der Waals surface area (Å²) in [4.78, 5) is 0. The Kier molecular flexibility index (Phi) is 3.87. The van der Waals surface area contributed by atoms with Crippen molar-refractivity contribution in [3.63, 3.8) is 0 Å². The summed E-state index contributed by atoms with van der Waals surface area (Å²) in [6.45, 7) is 2.23. The summed E-state index contributed by atoms with van der Waals surface area (Å²) in [5, 5.41) is 3.49. The minimum atomic E-state index is -0.274. The first kappa shape index (κ1) is 12.2. The lowest BCUT2D eigenvalue weighted by Crippen LogP contribution is -2.32. The van der Waals surface area contributed by atoms with Gasteiger partial charge in [0.2, 0.25) is 0 Å². The molecule has 0 aromatic heterocycles. The summed E-state index contributed by atoms with van der Waals surface area (Å²) < 4.78 is 13.0. The molecule has 0 amide bonds. The Morgan fingerprint density at radius 1 is 1.35 bits per heavy atom. The molecule has 0 heterocycles. The Morgan fingerprint density at radius 2 is 2.12 bits per heavy atom. The molecule has 2 nitrogen and oxygen atoms in total. The van der Waals surface area contributed by atoms with Crippen LogP contribution in [0.5, 0.6) is 0 Å². The van der Waals surface area contributed by atoms with Crippen LogP contribution in [0.1, 0.15) is 39.0 Å². The molecule has 3 heteroatoms. The van der Waals surface area contributed by atoms with E-state index >= 15 is 0 Å². The van der Waals surface area contributed by atoms with Gasteiger partial charge in [0.15, 0.2) is 0 Å². The van der Waals surface area contributed by atoms with Crippen molar-refractivity contribution in [2.45, 2.75) is 45.1 Å². The maximum Gasteiger partial charge on any atom is 0.125 e. The van der Waals surface area contributed by atoms with Gasteiger partial charge in [-0.25, -0.2) is 4.39 Å². The van der Waals surface area contributed by atoms with Crippen molar-refractivity contribution < 1.29 is 4.39 Å². The monoisotopic (exact) mass is 236 g/mol. The van der Waals surface area contributed by atoms with Crippen LogP contribution in [0.3, 0.4) is 0 Å². The topological polar surface area (TPSA) is 38.0 Å². The van der Waals surface area contributed by atoms with Gasteiger partial charge in [-0.3, -0.25) is 0 Å². The summed E-state index contributed by atoms with van der Waals surface area (Å²) in [6.07, 6.45) is 6.27. The Hall–Kier alpha value is -1.25. The molecule has 0 radical (unpaired) electrons. The lowest BCUT2D eigenvalue weighted by Gasteiger charge is -2.32. The van der Waals surface area contributed by atoms with Crippen LogP contribution in [0.4, 0.5) is 15.8 Å². The van der Waals surface area contributed by atoms with Crippen LogP contribution in [0.25, 0.3) is 0 Å². The van der Waals surface area contributed by atoms with Gasteiger partial charge in [-0.15, -0.1) is 0 Å². The smallest absolute Gasteiger partial charge is 0.125 e. The average Bonchev–Trinajstić information content (AvgIpc) is 2.33. The van der Waals surface area contributed by atoms with E-state index in [0.717, 1.165) is 5.69 Å². The Labute approximate surface area is 102 Å². The summed E-state index contributed by atoms with van der Waals surface area (Å²) in [7, 11) is 0. The SMILES string of the molecule is CCC1CCCCC1Nc1ccc(F)cc1N. The standard InChI is InChI=1S/C14H21FN2/c1-2-10-5-3-4-6-13(10)17-14-8-7-11(15)9-12(14)16/h7-10,13,17H,2-6,16H2,1H3. The molecule has 1 aromatic carbocycles. The van der Waals surface area contributed by atoms with Gasteiger partial charge < -0.3 is 11.1 Å². The molecule has 17 heavy (non-hydrogen) atoms. The molecule has 3 N–H and O–H groups in total. The highest BCUT2D eigenvalue weighted by Gasteiger charge is 2.23. The molecular formula is C14H21FN2. The van der Waals surface area contributed by atoms with Crippen LogP contribution in [0.15, 0.2) is 18.2 Å². The van der Waals surface area contributed by atoms with E-state index in [1.54, 1.807) is 6.07 Å². The molecule has 2 unspecified atom stereocenters. The van der Waals surface area contributed by atoms with Gasteiger partial charge in [0.05, 0.1) is 11.4 Å². The third-order valence-electron chi connectivity index (χ3n) is 3.79. The molecular weight excluding hydrogens is 215 g/mol. The molecule has 2 rings (SSSR count). The van der Waals surface area contributed by atoms with Gasteiger partial charge in [0.25, 0.3) is 0 Å². The van der Waals surface area contributed by atoms with Crippen LogP contribution < -0.4 is 11.1 Å². The van der Waals surface area contributed by atoms with Crippen LogP contribution in [0, 0.1) is 11.7 Å². The van der Waals surface area contributed by atoms with E-state index in [9.17, 15) is 4.39 Å². The number of rotatable bonds is 3. The Balaban J connectivity index is 2.08. The third-order valence-corrected chi connectivity index (χ3v) is 3.79. The third kappa shape index (κ3) is 2.90. The Morgan fingerprint density at radius 3 is 2.82 bits per heavy atom. The van der Waals surface area contributed by atoms with E-state index in [1.165, 1.54) is 44.2 Å². The Bertz CT molecular complexity index is 378. The van der Waals surface area contributed by atoms with Crippen molar-refractivity contribution >= 4 is 11.4 Å². The van der Waals surface area contributed by atoms with E-state index in [-0.39, 0.29) is 5.82 Å². The second-order valence-corrected chi connectivity index (χ2v) is 4.94. The van der Waals surface area contributed by atoms with Gasteiger partial charge in [-0.2, -0.15) is 0 Å². The lowest BCUT2D eigenvalue weighted by atomic mass is 9.83. The van der Waals surface area contributed by atoms with E-state index < -0.39 is 0 Å². The summed E-state index contributed by atoms with van der Waals surface area (Å²) in [5.41, 5.74) is 7.20. The number of nitrogen functional groups attached to an aromatic ring is 1. The second-order valence-electron chi connectivity index (χ2n) is 4.94. The minimum absolute atomic E-state index is 0.274. The second kappa shape index (κ2) is 5.39. The zero-order chi connectivity index (χ0) is 12.3. The van der Waals surface area contributed by atoms with Crippen LogP contribution in [-0.2, 0) is 0 Å². The zero-order valence-corrected chi connectivity index (χ0v) is 10.4. The quantitative estimate of drug-likeness (QED) is 0.784. The first-order valence-corrected chi connectivity index (χ1v) is 6.52. The average molecular weight is 236 g/mol. The van der Waals surface area contributed by atoms with E-state index in [2.05, 4.69) is 12.2 Å². The molecule has 0 aliphatic heterocycles. The molecule has 1 aliphatic rings. The highest BCUT2D eigenvalue weighted by molar-refractivity contribution is 5.66. The number of nitrogens with one attached hydrogen (secondary N) is 1. The van der Waals surface area contributed by atoms with Gasteiger partial charge in [0, 0.05) is 6.04 Å². The van der Waals surface area contributed by atoms with Gasteiger partial charge in [-0.05, 0) is 37.0 Å². The first-order chi connectivity index (χ1) is 8.20. The lowest BCUT2D eigenvalue weighted by molar-refractivity contribution is 0.317. The fraction of sp³-hybridized carbons (Fsp3) is 0.571. The van der Waals surface area contributed by atoms with Crippen LogP contribution in [-0.4, -0.2) is 6.04 Å². The van der Waals surface area contributed by atoms with Crippen LogP contribution in [0.2, 0.25) is 0 Å². The van der Waals surface area contributed by atoms with Gasteiger partial charge in [-0.1, -0.05) is 26.2 Å². The first-order valence-electron chi connectivity index (χ1n) is 6.52. The maximum atomic E-state index is 13.0. The highest BCUT2D eigenvalue weighted by atomic mass is 19.1. The van der Waals surface area contributed by atoms with Crippen LogP contribution >= 0.6 is 0 Å². The summed E-state index contributed by atoms with van der Waals surface area (Å²) >= 11 is 0. The number of hydrogen-bond donors (Lipinski definition) is 2. The fourth-order valence-electron chi connectivity index (χ4n) is 2.75. The normalized spacial score (nSPS) is 24.6. The van der Waals surface area contributed by atoms with E-state index in [4.69, 9.17) is 5.73 Å². The molecule has 1 aliphatic carbocycles. The van der Waals surface area contributed by atoms with E-state index in [0.29, 0.717) is 17.6 Å². The predicted molar refractivity (Wildman–Crippen MR) is 70.5 cm³/mol. The molecule has 0 saturated heterocycles. The molecule has 0 bridgehead atoms. The van der Waals surface area contributed by atoms with Crippen molar-refractivity contribution in [2.75, 3.05) is 11.1 Å². The predicted octanol–water partition coefficient (Wildman–Crippen LogP) is 3.79. The van der Waals surface area contributed by atoms with Crippen molar-refractivity contribution in [1.29, 1.82) is 0 Å². The molecule has 1 aromatic rings. The fourth-order valence-corrected chi connectivity index (χ4v) is 2.75. The largest absolute Gasteiger partial charge is 0.397 e.